The lowest BCUT2D eigenvalue weighted by atomic mass is 10.1. The van der Waals surface area contributed by atoms with Crippen LogP contribution in [0.4, 0.5) is 5.69 Å². The molecule has 0 fully saturated rings. The maximum Gasteiger partial charge on any atom is 0.234 e. The fourth-order valence-corrected chi connectivity index (χ4v) is 3.74. The summed E-state index contributed by atoms with van der Waals surface area (Å²) in [4.78, 5) is 12.4. The quantitative estimate of drug-likeness (QED) is 0.443. The van der Waals surface area contributed by atoms with Crippen molar-refractivity contribution in [3.63, 3.8) is 0 Å². The van der Waals surface area contributed by atoms with E-state index in [0.717, 1.165) is 34.3 Å². The molecule has 0 saturated heterocycles. The molecule has 2 heterocycles. The van der Waals surface area contributed by atoms with Gasteiger partial charge in [0.15, 0.2) is 5.16 Å². The van der Waals surface area contributed by atoms with Gasteiger partial charge in [0.25, 0.3) is 0 Å². The molecule has 3 aromatic rings. The smallest absolute Gasteiger partial charge is 0.234 e. The second kappa shape index (κ2) is 9.41. The predicted octanol–water partition coefficient (Wildman–Crippen LogP) is 3.69. The number of hydrogen-bond acceptors (Lipinski definition) is 4. The minimum Gasteiger partial charge on any atom is -0.354 e. The summed E-state index contributed by atoms with van der Waals surface area (Å²) in [5, 5.41) is 12.4. The first-order valence-corrected chi connectivity index (χ1v) is 10.2. The number of amides is 1. The van der Waals surface area contributed by atoms with Gasteiger partial charge in [-0.1, -0.05) is 43.0 Å². The van der Waals surface area contributed by atoms with Crippen molar-refractivity contribution in [3.05, 3.63) is 72.3 Å². The third kappa shape index (κ3) is 4.72. The van der Waals surface area contributed by atoms with E-state index in [0.29, 0.717) is 13.0 Å². The van der Waals surface area contributed by atoms with Gasteiger partial charge in [-0.2, -0.15) is 0 Å². The van der Waals surface area contributed by atoms with Crippen molar-refractivity contribution in [3.8, 4) is 0 Å². The molecule has 1 amide bonds. The lowest BCUT2D eigenvalue weighted by Gasteiger charge is -2.10. The lowest BCUT2D eigenvalue weighted by molar-refractivity contribution is -0.113. The highest BCUT2D eigenvalue weighted by Gasteiger charge is 2.15. The van der Waals surface area contributed by atoms with Crippen LogP contribution in [0.1, 0.15) is 24.0 Å². The number of carbonyl (C=O) groups excluding carboxylic acids is 1. The maximum absolute atomic E-state index is 12.4. The molecule has 1 aromatic carbocycles. The Morgan fingerprint density at radius 2 is 2.07 bits per heavy atom. The molecule has 2 aromatic heterocycles. The normalized spacial score (nSPS) is 10.8. The van der Waals surface area contributed by atoms with Crippen LogP contribution in [0, 0.1) is 0 Å². The van der Waals surface area contributed by atoms with Crippen molar-refractivity contribution in [1.82, 2.24) is 19.3 Å². The molecule has 1 N–H and O–H groups in total. The number of benzene rings is 1. The number of anilines is 1. The number of thioether (sulfide) groups is 1. The van der Waals surface area contributed by atoms with Gasteiger partial charge < -0.3 is 14.5 Å². The fourth-order valence-electron chi connectivity index (χ4n) is 2.98. The van der Waals surface area contributed by atoms with E-state index in [1.54, 1.807) is 0 Å². The first-order valence-electron chi connectivity index (χ1n) is 9.26. The van der Waals surface area contributed by atoms with E-state index in [1.165, 1.54) is 11.8 Å². The van der Waals surface area contributed by atoms with Crippen molar-refractivity contribution in [2.75, 3.05) is 11.1 Å². The van der Waals surface area contributed by atoms with E-state index in [2.05, 4.69) is 39.7 Å². The molecule has 28 heavy (non-hydrogen) atoms. The van der Waals surface area contributed by atoms with Crippen LogP contribution in [0.25, 0.3) is 0 Å². The number of aromatic nitrogens is 4. The highest BCUT2D eigenvalue weighted by Crippen LogP contribution is 2.21. The molecule has 3 rings (SSSR count). The first-order chi connectivity index (χ1) is 13.6. The summed E-state index contributed by atoms with van der Waals surface area (Å²) in [5.74, 6) is 1.08. The molecule has 0 aliphatic heterocycles. The summed E-state index contributed by atoms with van der Waals surface area (Å²) in [5.41, 5.74) is 3.15. The molecule has 0 atom stereocenters. The monoisotopic (exact) mass is 395 g/mol. The van der Waals surface area contributed by atoms with Gasteiger partial charge in [-0.15, -0.1) is 16.8 Å². The summed E-state index contributed by atoms with van der Waals surface area (Å²) in [6.45, 7) is 6.51. The second-order valence-corrected chi connectivity index (χ2v) is 7.38. The Balaban J connectivity index is 1.67. The van der Waals surface area contributed by atoms with E-state index in [9.17, 15) is 4.79 Å². The topological polar surface area (TPSA) is 64.7 Å². The number of nitrogens with one attached hydrogen (secondary N) is 1. The Morgan fingerprint density at radius 3 is 2.79 bits per heavy atom. The van der Waals surface area contributed by atoms with Crippen LogP contribution < -0.4 is 5.32 Å². The van der Waals surface area contributed by atoms with Crippen LogP contribution in [0.2, 0.25) is 0 Å². The molecular weight excluding hydrogens is 370 g/mol. The number of carbonyl (C=O) groups is 1. The molecule has 0 aliphatic carbocycles. The largest absolute Gasteiger partial charge is 0.354 e. The van der Waals surface area contributed by atoms with Crippen molar-refractivity contribution in [2.24, 2.45) is 7.05 Å². The molecule has 6 nitrogen and oxygen atoms in total. The van der Waals surface area contributed by atoms with Crippen LogP contribution in [0.3, 0.4) is 0 Å². The number of para-hydroxylation sites is 1. The minimum atomic E-state index is -0.0527. The third-order valence-electron chi connectivity index (χ3n) is 4.50. The van der Waals surface area contributed by atoms with Crippen LogP contribution in [-0.2, 0) is 31.2 Å². The Labute approximate surface area is 169 Å². The average Bonchev–Trinajstić information content (AvgIpc) is 3.27. The SMILES string of the molecule is C=CCn1c(Cc2cccn2C)nnc1SCC(=O)Nc1ccccc1CC. The summed E-state index contributed by atoms with van der Waals surface area (Å²) in [6, 6.07) is 11.9. The van der Waals surface area contributed by atoms with Crippen LogP contribution >= 0.6 is 11.8 Å². The number of allylic oxidation sites excluding steroid dienone is 1. The van der Waals surface area contributed by atoms with Gasteiger partial charge in [-0.3, -0.25) is 4.79 Å². The highest BCUT2D eigenvalue weighted by molar-refractivity contribution is 7.99. The summed E-state index contributed by atoms with van der Waals surface area (Å²) in [6.07, 6.45) is 5.39. The Morgan fingerprint density at radius 1 is 1.25 bits per heavy atom. The summed E-state index contributed by atoms with van der Waals surface area (Å²) < 4.78 is 4.08. The van der Waals surface area contributed by atoms with Crippen molar-refractivity contribution < 1.29 is 4.79 Å². The Bertz CT molecular complexity index is 959. The van der Waals surface area contributed by atoms with Crippen molar-refractivity contribution in [1.29, 1.82) is 0 Å². The number of aryl methyl sites for hydroxylation is 2. The number of nitrogens with zero attached hydrogens (tertiary/aromatic N) is 4. The van der Waals surface area contributed by atoms with E-state index < -0.39 is 0 Å². The molecule has 7 heteroatoms. The fraction of sp³-hybridized carbons (Fsp3) is 0.286. The molecule has 146 valence electrons. The molecular formula is C21H25N5OS. The zero-order valence-electron chi connectivity index (χ0n) is 16.3. The van der Waals surface area contributed by atoms with Gasteiger partial charge in [0.1, 0.15) is 5.82 Å². The van der Waals surface area contributed by atoms with Crippen molar-refractivity contribution in [2.45, 2.75) is 31.5 Å². The van der Waals surface area contributed by atoms with Crippen LogP contribution in [-0.4, -0.2) is 31.0 Å². The standard InChI is InChI=1S/C21H25N5OS/c1-4-12-26-19(14-17-10-8-13-25(17)3)23-24-21(26)28-15-20(27)22-18-11-7-6-9-16(18)5-2/h4,6-11,13H,1,5,12,14-15H2,2-3H3,(H,22,27). The molecule has 0 bridgehead atoms. The first kappa shape index (κ1) is 19.9. The molecule has 0 saturated carbocycles. The Hall–Kier alpha value is -2.80. The van der Waals surface area contributed by atoms with Gasteiger partial charge >= 0.3 is 0 Å². The minimum absolute atomic E-state index is 0.0527. The number of rotatable bonds is 9. The van der Waals surface area contributed by atoms with Gasteiger partial charge in [0, 0.05) is 37.6 Å². The van der Waals surface area contributed by atoms with E-state index in [4.69, 9.17) is 0 Å². The van der Waals surface area contributed by atoms with Gasteiger partial charge in [-0.05, 0) is 30.2 Å². The van der Waals surface area contributed by atoms with Gasteiger partial charge in [0.05, 0.1) is 5.75 Å². The second-order valence-electron chi connectivity index (χ2n) is 6.43. The third-order valence-corrected chi connectivity index (χ3v) is 5.47. The van der Waals surface area contributed by atoms with E-state index in [1.807, 2.05) is 54.2 Å². The van der Waals surface area contributed by atoms with E-state index >= 15 is 0 Å². The number of hydrogen-bond donors (Lipinski definition) is 1. The molecule has 0 unspecified atom stereocenters. The van der Waals surface area contributed by atoms with E-state index in [-0.39, 0.29) is 11.7 Å². The summed E-state index contributed by atoms with van der Waals surface area (Å²) >= 11 is 1.39. The molecule has 0 radical (unpaired) electrons. The lowest BCUT2D eigenvalue weighted by Crippen LogP contribution is -2.16. The van der Waals surface area contributed by atoms with Crippen molar-refractivity contribution >= 4 is 23.4 Å². The maximum atomic E-state index is 12.4. The zero-order chi connectivity index (χ0) is 19.9. The molecule has 0 spiro atoms. The van der Waals surface area contributed by atoms with Gasteiger partial charge in [0.2, 0.25) is 5.91 Å². The Kier molecular flexibility index (Phi) is 6.71. The predicted molar refractivity (Wildman–Crippen MR) is 114 cm³/mol. The van der Waals surface area contributed by atoms with Crippen LogP contribution in [0.15, 0.2) is 60.4 Å². The zero-order valence-corrected chi connectivity index (χ0v) is 17.1. The average molecular weight is 396 g/mol. The molecule has 0 aliphatic rings. The summed E-state index contributed by atoms with van der Waals surface area (Å²) in [7, 11) is 2.01. The van der Waals surface area contributed by atoms with Crippen LogP contribution in [0.5, 0.6) is 0 Å². The van der Waals surface area contributed by atoms with Gasteiger partial charge in [-0.25, -0.2) is 0 Å². The highest BCUT2D eigenvalue weighted by atomic mass is 32.2.